The molecule has 0 spiro atoms. The van der Waals surface area contributed by atoms with Gasteiger partial charge in [-0.05, 0) is 55.3 Å². The number of hydrogen-bond donors (Lipinski definition) is 1. The molecule has 0 aliphatic carbocycles. The van der Waals surface area contributed by atoms with Crippen LogP contribution < -0.4 is 5.56 Å². The molecule has 108 valence electrons. The Hall–Kier alpha value is -1.84. The van der Waals surface area contributed by atoms with Crippen LogP contribution in [0.3, 0.4) is 0 Å². The molecule has 0 unspecified atom stereocenters. The number of carbonyl (C=O) groups is 1. The molecule has 2 rings (SSSR count). The van der Waals surface area contributed by atoms with E-state index >= 15 is 0 Å². The predicted molar refractivity (Wildman–Crippen MR) is 86.4 cm³/mol. The molecule has 0 fully saturated rings. The minimum atomic E-state index is -0.385. The van der Waals surface area contributed by atoms with Crippen molar-refractivity contribution < 1.29 is 4.79 Å². The summed E-state index contributed by atoms with van der Waals surface area (Å²) in [4.78, 5) is 26.7. The highest BCUT2D eigenvalue weighted by Crippen LogP contribution is 2.22. The van der Waals surface area contributed by atoms with Gasteiger partial charge >= 0.3 is 0 Å². The van der Waals surface area contributed by atoms with Gasteiger partial charge in [0.2, 0.25) is 0 Å². The summed E-state index contributed by atoms with van der Waals surface area (Å²) >= 11 is 11.8. The quantitative estimate of drug-likeness (QED) is 0.680. The van der Waals surface area contributed by atoms with Gasteiger partial charge in [-0.2, -0.15) is 0 Å². The third-order valence-corrected chi connectivity index (χ3v) is 3.55. The van der Waals surface area contributed by atoms with Gasteiger partial charge in [0.05, 0.1) is 5.56 Å². The lowest BCUT2D eigenvalue weighted by Crippen LogP contribution is -2.19. The number of pyridine rings is 1. The lowest BCUT2D eigenvalue weighted by atomic mass is 10.1. The minimum Gasteiger partial charge on any atom is -0.326 e. The summed E-state index contributed by atoms with van der Waals surface area (Å²) in [5.74, 6) is -0.361. The molecule has 0 amide bonds. The Balaban J connectivity index is 2.34. The topological polar surface area (TPSA) is 49.9 Å². The Morgan fingerprint density at radius 2 is 1.90 bits per heavy atom. The van der Waals surface area contributed by atoms with Gasteiger partial charge in [0.1, 0.15) is 0 Å². The van der Waals surface area contributed by atoms with Crippen molar-refractivity contribution in [3.8, 4) is 0 Å². The van der Waals surface area contributed by atoms with E-state index in [9.17, 15) is 9.59 Å². The smallest absolute Gasteiger partial charge is 0.259 e. The number of aromatic nitrogens is 1. The zero-order valence-corrected chi connectivity index (χ0v) is 13.0. The van der Waals surface area contributed by atoms with Crippen molar-refractivity contribution in [3.05, 3.63) is 73.1 Å². The second-order valence-electron chi connectivity index (χ2n) is 4.70. The van der Waals surface area contributed by atoms with E-state index in [0.717, 1.165) is 5.69 Å². The SMILES string of the molecule is Cc1cc(C)c(C(=O)C=Cc2ccc(Cl)cc2Cl)c(=O)[nH]1. The van der Waals surface area contributed by atoms with Crippen molar-refractivity contribution in [1.82, 2.24) is 4.98 Å². The van der Waals surface area contributed by atoms with Gasteiger partial charge in [-0.15, -0.1) is 0 Å². The number of carbonyl (C=O) groups excluding carboxylic acids is 1. The monoisotopic (exact) mass is 321 g/mol. The van der Waals surface area contributed by atoms with Gasteiger partial charge in [0.15, 0.2) is 5.78 Å². The summed E-state index contributed by atoms with van der Waals surface area (Å²) in [6, 6.07) is 6.75. The number of ketones is 1. The van der Waals surface area contributed by atoms with E-state index in [4.69, 9.17) is 23.2 Å². The van der Waals surface area contributed by atoms with Crippen LogP contribution in [0.15, 0.2) is 35.1 Å². The molecule has 1 aromatic carbocycles. The van der Waals surface area contributed by atoms with Crippen LogP contribution in [0.5, 0.6) is 0 Å². The van der Waals surface area contributed by atoms with Crippen LogP contribution in [-0.2, 0) is 0 Å². The van der Waals surface area contributed by atoms with Crippen molar-refractivity contribution >= 4 is 35.1 Å². The molecular formula is C16H13Cl2NO2. The van der Waals surface area contributed by atoms with E-state index in [2.05, 4.69) is 4.98 Å². The normalized spacial score (nSPS) is 11.0. The Kier molecular flexibility index (Phi) is 4.66. The predicted octanol–water partition coefficient (Wildman–Crippen LogP) is 4.19. The molecule has 2 aromatic rings. The molecule has 0 aliphatic heterocycles. The average molecular weight is 322 g/mol. The van der Waals surface area contributed by atoms with Crippen molar-refractivity contribution in [2.24, 2.45) is 0 Å². The second kappa shape index (κ2) is 6.29. The highest BCUT2D eigenvalue weighted by Gasteiger charge is 2.11. The van der Waals surface area contributed by atoms with E-state index in [1.54, 1.807) is 44.2 Å². The van der Waals surface area contributed by atoms with E-state index in [0.29, 0.717) is 21.2 Å². The van der Waals surface area contributed by atoms with Crippen LogP contribution in [0.2, 0.25) is 10.0 Å². The van der Waals surface area contributed by atoms with Crippen molar-refractivity contribution in [3.63, 3.8) is 0 Å². The van der Waals surface area contributed by atoms with Gasteiger partial charge < -0.3 is 4.98 Å². The number of hydrogen-bond acceptors (Lipinski definition) is 2. The standard InChI is InChI=1S/C16H13Cl2NO2/c1-9-7-10(2)19-16(21)15(9)14(20)6-4-11-3-5-12(17)8-13(11)18/h3-8H,1-2H3,(H,19,21). The first-order valence-corrected chi connectivity index (χ1v) is 7.02. The molecule has 1 aromatic heterocycles. The van der Waals surface area contributed by atoms with Crippen LogP contribution in [0.4, 0.5) is 0 Å². The third-order valence-electron chi connectivity index (χ3n) is 2.99. The summed E-state index contributed by atoms with van der Waals surface area (Å²) in [5, 5.41) is 0.968. The summed E-state index contributed by atoms with van der Waals surface area (Å²) < 4.78 is 0. The second-order valence-corrected chi connectivity index (χ2v) is 5.55. The summed E-state index contributed by atoms with van der Waals surface area (Å²) in [6.45, 7) is 3.50. The molecule has 5 heteroatoms. The Labute approximate surface area is 132 Å². The zero-order chi connectivity index (χ0) is 15.6. The first-order valence-electron chi connectivity index (χ1n) is 6.26. The average Bonchev–Trinajstić information content (AvgIpc) is 2.36. The molecule has 1 N–H and O–H groups in total. The number of aromatic amines is 1. The number of H-pyrrole nitrogens is 1. The molecule has 0 radical (unpaired) electrons. The van der Waals surface area contributed by atoms with E-state index < -0.39 is 0 Å². The molecule has 0 saturated heterocycles. The molecule has 3 nitrogen and oxygen atoms in total. The largest absolute Gasteiger partial charge is 0.326 e. The number of halogens is 2. The lowest BCUT2D eigenvalue weighted by molar-refractivity contribution is 0.104. The van der Waals surface area contributed by atoms with Gasteiger partial charge in [-0.25, -0.2) is 0 Å². The van der Waals surface area contributed by atoms with Crippen molar-refractivity contribution in [2.45, 2.75) is 13.8 Å². The van der Waals surface area contributed by atoms with Crippen LogP contribution >= 0.6 is 23.2 Å². The fourth-order valence-corrected chi connectivity index (χ4v) is 2.52. The number of benzene rings is 1. The maximum atomic E-state index is 12.2. The number of rotatable bonds is 3. The minimum absolute atomic E-state index is 0.141. The fraction of sp³-hybridized carbons (Fsp3) is 0.125. The number of aryl methyl sites for hydroxylation is 2. The highest BCUT2D eigenvalue weighted by atomic mass is 35.5. The van der Waals surface area contributed by atoms with Gasteiger partial charge in [0.25, 0.3) is 5.56 Å². The molecule has 0 saturated carbocycles. The maximum absolute atomic E-state index is 12.2. The summed E-state index contributed by atoms with van der Waals surface area (Å²) in [6.07, 6.45) is 2.90. The van der Waals surface area contributed by atoms with Crippen molar-refractivity contribution in [1.29, 1.82) is 0 Å². The summed E-state index contributed by atoms with van der Waals surface area (Å²) in [5.41, 5.74) is 1.79. The Bertz CT molecular complexity index is 791. The zero-order valence-electron chi connectivity index (χ0n) is 11.5. The highest BCUT2D eigenvalue weighted by molar-refractivity contribution is 6.35. The summed E-state index contributed by atoms with van der Waals surface area (Å²) in [7, 11) is 0. The van der Waals surface area contributed by atoms with Crippen LogP contribution in [0.1, 0.15) is 27.2 Å². The first-order chi connectivity index (χ1) is 9.88. The fourth-order valence-electron chi connectivity index (χ4n) is 2.05. The molecule has 0 bridgehead atoms. The molecule has 0 atom stereocenters. The Morgan fingerprint density at radius 1 is 1.19 bits per heavy atom. The van der Waals surface area contributed by atoms with E-state index in [1.165, 1.54) is 6.08 Å². The van der Waals surface area contributed by atoms with E-state index in [1.807, 2.05) is 0 Å². The van der Waals surface area contributed by atoms with Crippen LogP contribution in [0, 0.1) is 13.8 Å². The van der Waals surface area contributed by atoms with Crippen LogP contribution in [0.25, 0.3) is 6.08 Å². The van der Waals surface area contributed by atoms with Crippen LogP contribution in [-0.4, -0.2) is 10.8 Å². The third kappa shape index (κ3) is 3.63. The lowest BCUT2D eigenvalue weighted by Gasteiger charge is -2.03. The maximum Gasteiger partial charge on any atom is 0.259 e. The van der Waals surface area contributed by atoms with Gasteiger partial charge in [-0.3, -0.25) is 9.59 Å². The van der Waals surface area contributed by atoms with Gasteiger partial charge in [0, 0.05) is 15.7 Å². The van der Waals surface area contributed by atoms with E-state index in [-0.39, 0.29) is 16.9 Å². The van der Waals surface area contributed by atoms with Gasteiger partial charge in [-0.1, -0.05) is 29.3 Å². The first kappa shape index (κ1) is 15.5. The molecule has 1 heterocycles. The molecule has 21 heavy (non-hydrogen) atoms. The van der Waals surface area contributed by atoms with Crippen molar-refractivity contribution in [2.75, 3.05) is 0 Å². The molecular weight excluding hydrogens is 309 g/mol. The number of nitrogens with one attached hydrogen (secondary N) is 1. The molecule has 0 aliphatic rings. The number of allylic oxidation sites excluding steroid dienone is 1. The Morgan fingerprint density at radius 3 is 2.52 bits per heavy atom.